The first-order chi connectivity index (χ1) is 7.75. The average Bonchev–Trinajstić information content (AvgIpc) is 2.59. The molecule has 1 aliphatic heterocycles. The van der Waals surface area contributed by atoms with Crippen LogP contribution in [0.5, 0.6) is 0 Å². The lowest BCUT2D eigenvalue weighted by Gasteiger charge is -2.23. The van der Waals surface area contributed by atoms with Gasteiger partial charge in [-0.25, -0.2) is 0 Å². The Kier molecular flexibility index (Phi) is 3.96. The van der Waals surface area contributed by atoms with Crippen LogP contribution in [-0.4, -0.2) is 35.6 Å². The van der Waals surface area contributed by atoms with Crippen LogP contribution in [0.25, 0.3) is 0 Å². The molecule has 0 amide bonds. The Morgan fingerprint density at radius 1 is 1.62 bits per heavy atom. The third kappa shape index (κ3) is 3.06. The minimum Gasteiger partial charge on any atom is -0.380 e. The summed E-state index contributed by atoms with van der Waals surface area (Å²) in [7, 11) is 1.97. The predicted molar refractivity (Wildman–Crippen MR) is 63.5 cm³/mol. The van der Waals surface area contributed by atoms with Gasteiger partial charge in [-0.3, -0.25) is 4.68 Å². The van der Waals surface area contributed by atoms with Crippen LogP contribution in [0, 0.1) is 6.92 Å². The summed E-state index contributed by atoms with van der Waals surface area (Å²) in [5, 5.41) is 7.89. The van der Waals surface area contributed by atoms with E-state index in [2.05, 4.69) is 23.5 Å². The summed E-state index contributed by atoms with van der Waals surface area (Å²) in [5.41, 5.74) is 2.48. The maximum absolute atomic E-state index is 5.43. The molecule has 0 aromatic carbocycles. The Morgan fingerprint density at radius 2 is 2.50 bits per heavy atom. The van der Waals surface area contributed by atoms with Gasteiger partial charge in [0.25, 0.3) is 0 Å². The number of rotatable bonds is 4. The molecule has 1 unspecified atom stereocenters. The van der Waals surface area contributed by atoms with Crippen molar-refractivity contribution in [3.8, 4) is 0 Å². The van der Waals surface area contributed by atoms with E-state index in [0.717, 1.165) is 31.9 Å². The van der Waals surface area contributed by atoms with Crippen LogP contribution in [0.3, 0.4) is 0 Å². The van der Waals surface area contributed by atoms with Gasteiger partial charge in [-0.1, -0.05) is 0 Å². The molecule has 1 fully saturated rings. The molecule has 0 spiro atoms. The lowest BCUT2D eigenvalue weighted by Crippen LogP contribution is -2.37. The summed E-state index contributed by atoms with van der Waals surface area (Å²) in [6.07, 6.45) is 5.58. The van der Waals surface area contributed by atoms with Crippen molar-refractivity contribution in [3.05, 3.63) is 17.5 Å². The fourth-order valence-corrected chi connectivity index (χ4v) is 2.21. The van der Waals surface area contributed by atoms with Crippen molar-refractivity contribution >= 4 is 0 Å². The van der Waals surface area contributed by atoms with E-state index in [1.807, 2.05) is 11.7 Å². The number of hydrogen-bond donors (Lipinski definition) is 1. The standard InChI is InChI=1S/C12H21N3O/c1-10-11(8-15(2)14-10)5-6-13-12-4-3-7-16-9-12/h8,12-13H,3-7,9H2,1-2H3. The molecule has 0 bridgehead atoms. The highest BCUT2D eigenvalue weighted by Crippen LogP contribution is 2.07. The Morgan fingerprint density at radius 3 is 3.12 bits per heavy atom. The van der Waals surface area contributed by atoms with E-state index in [4.69, 9.17) is 4.74 Å². The highest BCUT2D eigenvalue weighted by atomic mass is 16.5. The Labute approximate surface area is 97.0 Å². The van der Waals surface area contributed by atoms with Crippen LogP contribution in [0.2, 0.25) is 0 Å². The summed E-state index contributed by atoms with van der Waals surface area (Å²) >= 11 is 0. The first-order valence-corrected chi connectivity index (χ1v) is 6.06. The van der Waals surface area contributed by atoms with Crippen LogP contribution in [0.1, 0.15) is 24.1 Å². The van der Waals surface area contributed by atoms with Gasteiger partial charge in [0, 0.05) is 25.9 Å². The van der Waals surface area contributed by atoms with E-state index in [1.165, 1.54) is 18.4 Å². The molecule has 1 aliphatic rings. The fourth-order valence-electron chi connectivity index (χ4n) is 2.21. The predicted octanol–water partition coefficient (Wildman–Crippen LogP) is 1.04. The number of nitrogens with one attached hydrogen (secondary N) is 1. The van der Waals surface area contributed by atoms with Gasteiger partial charge in [0.2, 0.25) is 0 Å². The monoisotopic (exact) mass is 223 g/mol. The summed E-state index contributed by atoms with van der Waals surface area (Å²) in [6.45, 7) is 4.88. The Balaban J connectivity index is 1.73. The third-order valence-corrected chi connectivity index (χ3v) is 3.10. The molecule has 1 N–H and O–H groups in total. The highest BCUT2D eigenvalue weighted by molar-refractivity contribution is 5.15. The largest absolute Gasteiger partial charge is 0.380 e. The highest BCUT2D eigenvalue weighted by Gasteiger charge is 2.12. The smallest absolute Gasteiger partial charge is 0.0626 e. The van der Waals surface area contributed by atoms with E-state index in [0.29, 0.717) is 6.04 Å². The van der Waals surface area contributed by atoms with Gasteiger partial charge >= 0.3 is 0 Å². The third-order valence-electron chi connectivity index (χ3n) is 3.10. The van der Waals surface area contributed by atoms with Gasteiger partial charge in [0.1, 0.15) is 0 Å². The van der Waals surface area contributed by atoms with Gasteiger partial charge < -0.3 is 10.1 Å². The van der Waals surface area contributed by atoms with E-state index in [1.54, 1.807) is 0 Å². The fraction of sp³-hybridized carbons (Fsp3) is 0.750. The van der Waals surface area contributed by atoms with Crippen molar-refractivity contribution in [1.82, 2.24) is 15.1 Å². The molecule has 1 atom stereocenters. The molecule has 16 heavy (non-hydrogen) atoms. The topological polar surface area (TPSA) is 39.1 Å². The van der Waals surface area contributed by atoms with E-state index >= 15 is 0 Å². The molecule has 1 aromatic heterocycles. The van der Waals surface area contributed by atoms with Gasteiger partial charge in [-0.15, -0.1) is 0 Å². The van der Waals surface area contributed by atoms with Crippen molar-refractivity contribution in [1.29, 1.82) is 0 Å². The molecule has 0 aliphatic carbocycles. The summed E-state index contributed by atoms with van der Waals surface area (Å²) < 4.78 is 7.32. The Hall–Kier alpha value is -0.870. The van der Waals surface area contributed by atoms with Gasteiger partial charge in [-0.05, 0) is 38.3 Å². The van der Waals surface area contributed by atoms with Crippen molar-refractivity contribution in [2.24, 2.45) is 7.05 Å². The maximum atomic E-state index is 5.43. The zero-order valence-electron chi connectivity index (χ0n) is 10.2. The lowest BCUT2D eigenvalue weighted by atomic mass is 10.1. The molecular weight excluding hydrogens is 202 g/mol. The average molecular weight is 223 g/mol. The van der Waals surface area contributed by atoms with Crippen LogP contribution in [0.4, 0.5) is 0 Å². The summed E-state index contributed by atoms with van der Waals surface area (Å²) in [5.74, 6) is 0. The number of nitrogens with zero attached hydrogens (tertiary/aromatic N) is 2. The quantitative estimate of drug-likeness (QED) is 0.829. The van der Waals surface area contributed by atoms with Crippen LogP contribution >= 0.6 is 0 Å². The van der Waals surface area contributed by atoms with Gasteiger partial charge in [0.05, 0.1) is 12.3 Å². The lowest BCUT2D eigenvalue weighted by molar-refractivity contribution is 0.0707. The minimum atomic E-state index is 0.547. The van der Waals surface area contributed by atoms with E-state index in [-0.39, 0.29) is 0 Å². The van der Waals surface area contributed by atoms with Crippen molar-refractivity contribution < 1.29 is 4.74 Å². The Bertz CT molecular complexity index is 329. The molecule has 4 heteroatoms. The molecule has 1 saturated heterocycles. The number of hydrogen-bond acceptors (Lipinski definition) is 3. The second-order valence-electron chi connectivity index (χ2n) is 4.53. The van der Waals surface area contributed by atoms with Crippen molar-refractivity contribution in [2.75, 3.05) is 19.8 Å². The molecular formula is C12H21N3O. The van der Waals surface area contributed by atoms with Crippen molar-refractivity contribution in [2.45, 2.75) is 32.2 Å². The molecule has 4 nitrogen and oxygen atoms in total. The number of ether oxygens (including phenoxy) is 1. The zero-order chi connectivity index (χ0) is 11.4. The molecule has 90 valence electrons. The summed E-state index contributed by atoms with van der Waals surface area (Å²) in [4.78, 5) is 0. The van der Waals surface area contributed by atoms with Gasteiger partial charge in [0.15, 0.2) is 0 Å². The minimum absolute atomic E-state index is 0.547. The van der Waals surface area contributed by atoms with Crippen LogP contribution in [0.15, 0.2) is 6.20 Å². The maximum Gasteiger partial charge on any atom is 0.0626 e. The van der Waals surface area contributed by atoms with Crippen LogP contribution < -0.4 is 5.32 Å². The molecule has 2 rings (SSSR count). The molecule has 2 heterocycles. The molecule has 0 saturated carbocycles. The van der Waals surface area contributed by atoms with Crippen molar-refractivity contribution in [3.63, 3.8) is 0 Å². The van der Waals surface area contributed by atoms with Crippen LogP contribution in [-0.2, 0) is 18.2 Å². The second kappa shape index (κ2) is 5.46. The normalized spacial score (nSPS) is 21.2. The zero-order valence-corrected chi connectivity index (χ0v) is 10.2. The first-order valence-electron chi connectivity index (χ1n) is 6.06. The summed E-state index contributed by atoms with van der Waals surface area (Å²) in [6, 6.07) is 0.547. The van der Waals surface area contributed by atoms with E-state index < -0.39 is 0 Å². The first kappa shape index (κ1) is 11.6. The number of aromatic nitrogens is 2. The SMILES string of the molecule is Cc1nn(C)cc1CCNC1CCCOC1. The molecule has 1 aromatic rings. The van der Waals surface area contributed by atoms with Gasteiger partial charge in [-0.2, -0.15) is 5.10 Å². The van der Waals surface area contributed by atoms with E-state index in [9.17, 15) is 0 Å². The molecule has 0 radical (unpaired) electrons. The number of aryl methyl sites for hydroxylation is 2. The second-order valence-corrected chi connectivity index (χ2v) is 4.53.